The molecular formula is C26H22ClNO4. The molecule has 3 aromatic rings. The summed E-state index contributed by atoms with van der Waals surface area (Å²) < 4.78 is 5.77. The number of Topliss-reactive ketones (excluding diaryl/α,β-unsaturated/α-hetero) is 1. The molecule has 1 N–H and O–H groups in total. The molecule has 0 spiro atoms. The van der Waals surface area contributed by atoms with Crippen LogP contribution in [0.5, 0.6) is 5.75 Å². The van der Waals surface area contributed by atoms with Gasteiger partial charge in [0.1, 0.15) is 12.4 Å². The van der Waals surface area contributed by atoms with E-state index in [4.69, 9.17) is 16.3 Å². The number of rotatable bonds is 5. The summed E-state index contributed by atoms with van der Waals surface area (Å²) in [6, 6.07) is 21.6. The molecule has 0 saturated carbocycles. The number of fused-ring (bicyclic) bond motifs is 2. The zero-order valence-corrected chi connectivity index (χ0v) is 18.1. The molecule has 32 heavy (non-hydrogen) atoms. The average molecular weight is 448 g/mol. The summed E-state index contributed by atoms with van der Waals surface area (Å²) in [5.41, 5.74) is 0.762. The number of para-hydroxylation sites is 1. The highest BCUT2D eigenvalue weighted by Crippen LogP contribution is 2.48. The van der Waals surface area contributed by atoms with Crippen LogP contribution in [-0.4, -0.2) is 29.9 Å². The number of hydrogen-bond donors (Lipinski definition) is 1. The number of benzene rings is 3. The zero-order valence-electron chi connectivity index (χ0n) is 17.3. The number of amides is 1. The van der Waals surface area contributed by atoms with Crippen LogP contribution in [-0.2, 0) is 16.8 Å². The fraction of sp³-hybridized carbons (Fsp3) is 0.231. The molecule has 1 aliphatic heterocycles. The Hall–Kier alpha value is -3.15. The standard InChI is InChI=1S/C26H22ClNO4/c27-18-10-12-19(13-11-18)32-16-15-28-23-8-4-3-7-21(23)26(31,25(28)30)22-14-9-17-5-1-2-6-20(17)24(22)29/h1-8,10-13,22,31H,9,14-16H2. The molecule has 3 aromatic carbocycles. The van der Waals surface area contributed by atoms with E-state index in [2.05, 4.69) is 0 Å². The molecule has 2 unspecified atom stereocenters. The predicted molar refractivity (Wildman–Crippen MR) is 122 cm³/mol. The first-order chi connectivity index (χ1) is 15.5. The first-order valence-corrected chi connectivity index (χ1v) is 11.0. The molecule has 1 heterocycles. The van der Waals surface area contributed by atoms with E-state index in [1.807, 2.05) is 24.3 Å². The maximum atomic E-state index is 13.6. The van der Waals surface area contributed by atoms with Gasteiger partial charge in [-0.3, -0.25) is 9.59 Å². The second-order valence-electron chi connectivity index (χ2n) is 8.16. The Bertz CT molecular complexity index is 1190. The number of aliphatic hydroxyl groups is 1. The zero-order chi connectivity index (χ0) is 22.3. The van der Waals surface area contributed by atoms with Gasteiger partial charge in [-0.15, -0.1) is 0 Å². The fourth-order valence-electron chi connectivity index (χ4n) is 4.80. The molecule has 1 aliphatic carbocycles. The average Bonchev–Trinajstić information content (AvgIpc) is 3.03. The van der Waals surface area contributed by atoms with Gasteiger partial charge >= 0.3 is 0 Å². The van der Waals surface area contributed by atoms with Gasteiger partial charge < -0.3 is 14.7 Å². The summed E-state index contributed by atoms with van der Waals surface area (Å²) in [6.45, 7) is 0.484. The van der Waals surface area contributed by atoms with Crippen LogP contribution in [0, 0.1) is 5.92 Å². The number of hydrogen-bond acceptors (Lipinski definition) is 4. The van der Waals surface area contributed by atoms with Crippen molar-refractivity contribution in [2.24, 2.45) is 5.92 Å². The summed E-state index contributed by atoms with van der Waals surface area (Å²) in [5.74, 6) is -0.843. The van der Waals surface area contributed by atoms with E-state index in [1.54, 1.807) is 48.5 Å². The van der Waals surface area contributed by atoms with Crippen LogP contribution in [0.2, 0.25) is 5.02 Å². The lowest BCUT2D eigenvalue weighted by molar-refractivity contribution is -0.140. The third-order valence-corrected chi connectivity index (χ3v) is 6.63. The monoisotopic (exact) mass is 447 g/mol. The van der Waals surface area contributed by atoms with Crippen LogP contribution >= 0.6 is 11.6 Å². The second kappa shape index (κ2) is 8.08. The number of nitrogens with zero attached hydrogens (tertiary/aromatic N) is 1. The van der Waals surface area contributed by atoms with Crippen LogP contribution in [0.3, 0.4) is 0 Å². The fourth-order valence-corrected chi connectivity index (χ4v) is 4.93. The van der Waals surface area contributed by atoms with Gasteiger partial charge in [0.2, 0.25) is 0 Å². The van der Waals surface area contributed by atoms with Crippen molar-refractivity contribution in [2.45, 2.75) is 18.4 Å². The Kier molecular flexibility index (Phi) is 5.24. The Morgan fingerprint density at radius 3 is 2.53 bits per heavy atom. The van der Waals surface area contributed by atoms with Gasteiger partial charge in [0.15, 0.2) is 11.4 Å². The minimum atomic E-state index is -1.89. The van der Waals surface area contributed by atoms with Gasteiger partial charge in [0, 0.05) is 16.1 Å². The van der Waals surface area contributed by atoms with Gasteiger partial charge in [-0.25, -0.2) is 0 Å². The quantitative estimate of drug-likeness (QED) is 0.629. The van der Waals surface area contributed by atoms with E-state index in [0.717, 1.165) is 5.56 Å². The first kappa shape index (κ1) is 20.7. The molecule has 2 atom stereocenters. The molecular weight excluding hydrogens is 426 g/mol. The number of anilines is 1. The molecule has 0 fully saturated rings. The Labute approximate surface area is 191 Å². The lowest BCUT2D eigenvalue weighted by Gasteiger charge is -2.34. The lowest BCUT2D eigenvalue weighted by Crippen LogP contribution is -2.50. The molecule has 0 saturated heterocycles. The van der Waals surface area contributed by atoms with E-state index in [-0.39, 0.29) is 18.9 Å². The first-order valence-electron chi connectivity index (χ1n) is 10.6. The highest BCUT2D eigenvalue weighted by Gasteiger charge is 2.57. The van der Waals surface area contributed by atoms with Crippen molar-refractivity contribution in [3.63, 3.8) is 0 Å². The molecule has 6 heteroatoms. The molecule has 0 aromatic heterocycles. The molecule has 162 valence electrons. The van der Waals surface area contributed by atoms with E-state index in [9.17, 15) is 14.7 Å². The summed E-state index contributed by atoms with van der Waals surface area (Å²) in [7, 11) is 0. The molecule has 5 nitrogen and oxygen atoms in total. The van der Waals surface area contributed by atoms with Crippen LogP contribution in [0.25, 0.3) is 0 Å². The summed E-state index contributed by atoms with van der Waals surface area (Å²) >= 11 is 5.91. The third kappa shape index (κ3) is 3.29. The third-order valence-electron chi connectivity index (χ3n) is 6.38. The van der Waals surface area contributed by atoms with Crippen LogP contribution < -0.4 is 9.64 Å². The smallest absolute Gasteiger partial charge is 0.264 e. The number of carbonyl (C=O) groups is 2. The van der Waals surface area contributed by atoms with Crippen molar-refractivity contribution < 1.29 is 19.4 Å². The molecule has 0 bridgehead atoms. The molecule has 2 aliphatic rings. The van der Waals surface area contributed by atoms with Gasteiger partial charge in [-0.1, -0.05) is 54.1 Å². The van der Waals surface area contributed by atoms with Crippen molar-refractivity contribution in [1.82, 2.24) is 0 Å². The van der Waals surface area contributed by atoms with Crippen molar-refractivity contribution in [1.29, 1.82) is 0 Å². The summed E-state index contributed by atoms with van der Waals surface area (Å²) in [6.07, 6.45) is 1.06. The van der Waals surface area contributed by atoms with Crippen LogP contribution in [0.1, 0.15) is 27.9 Å². The molecule has 0 radical (unpaired) electrons. The van der Waals surface area contributed by atoms with Crippen molar-refractivity contribution in [3.8, 4) is 5.75 Å². The maximum Gasteiger partial charge on any atom is 0.264 e. The Morgan fingerprint density at radius 1 is 1.00 bits per heavy atom. The van der Waals surface area contributed by atoms with Crippen molar-refractivity contribution in [3.05, 3.63) is 94.5 Å². The number of halogens is 1. The highest BCUT2D eigenvalue weighted by molar-refractivity contribution is 6.30. The largest absolute Gasteiger partial charge is 0.492 e. The molecule has 1 amide bonds. The van der Waals surface area contributed by atoms with Gasteiger partial charge in [0.25, 0.3) is 5.91 Å². The number of carbonyl (C=O) groups excluding carboxylic acids is 2. The second-order valence-corrected chi connectivity index (χ2v) is 8.59. The van der Waals surface area contributed by atoms with E-state index in [0.29, 0.717) is 40.4 Å². The maximum absolute atomic E-state index is 13.6. The van der Waals surface area contributed by atoms with Gasteiger partial charge in [-0.05, 0) is 48.7 Å². The predicted octanol–water partition coefficient (Wildman–Crippen LogP) is 4.40. The normalized spacial score (nSPS) is 21.9. The SMILES string of the molecule is O=C1c2ccccc2CCC1C1(O)C(=O)N(CCOc2ccc(Cl)cc2)c2ccccc21. The number of aryl methyl sites for hydroxylation is 1. The van der Waals surface area contributed by atoms with E-state index >= 15 is 0 Å². The topological polar surface area (TPSA) is 66.8 Å². The van der Waals surface area contributed by atoms with Gasteiger partial charge in [0.05, 0.1) is 18.2 Å². The minimum Gasteiger partial charge on any atom is -0.492 e. The molecule has 5 rings (SSSR count). The number of ether oxygens (including phenoxy) is 1. The van der Waals surface area contributed by atoms with E-state index < -0.39 is 17.4 Å². The van der Waals surface area contributed by atoms with Crippen molar-refractivity contribution >= 4 is 29.0 Å². The van der Waals surface area contributed by atoms with Gasteiger partial charge in [-0.2, -0.15) is 0 Å². The minimum absolute atomic E-state index is 0.184. The summed E-state index contributed by atoms with van der Waals surface area (Å²) in [4.78, 5) is 28.4. The van der Waals surface area contributed by atoms with E-state index in [1.165, 1.54) is 4.90 Å². The highest BCUT2D eigenvalue weighted by atomic mass is 35.5. The van der Waals surface area contributed by atoms with Crippen LogP contribution in [0.4, 0.5) is 5.69 Å². The van der Waals surface area contributed by atoms with Crippen LogP contribution in [0.15, 0.2) is 72.8 Å². The number of ketones is 1. The summed E-state index contributed by atoms with van der Waals surface area (Å²) in [5, 5.41) is 12.4. The Balaban J connectivity index is 1.42. The van der Waals surface area contributed by atoms with Crippen molar-refractivity contribution in [2.75, 3.05) is 18.1 Å². The Morgan fingerprint density at radius 2 is 1.72 bits per heavy atom. The lowest BCUT2D eigenvalue weighted by atomic mass is 9.71.